The Morgan fingerprint density at radius 1 is 1.11 bits per heavy atom. The molecular weight excluding hydrogens is 258 g/mol. The molecule has 1 saturated heterocycles. The molecule has 0 atom stereocenters. The topological polar surface area (TPSA) is 29.5 Å². The molecule has 98 valence electrons. The predicted molar refractivity (Wildman–Crippen MR) is 76.5 cm³/mol. The largest absolute Gasteiger partial charge is 0.378 e. The third-order valence-electron chi connectivity index (χ3n) is 3.24. The molecule has 0 unspecified atom stereocenters. The van der Waals surface area contributed by atoms with E-state index >= 15 is 0 Å². The van der Waals surface area contributed by atoms with Gasteiger partial charge in [0.1, 0.15) is 0 Å². The number of rotatable bonds is 2. The SMILES string of the molecule is O=C(c1sccc1-c1ccccc1)N1CCOCC1. The van der Waals surface area contributed by atoms with Crippen LogP contribution in [0.3, 0.4) is 0 Å². The second-order valence-electron chi connectivity index (χ2n) is 4.43. The quantitative estimate of drug-likeness (QED) is 0.842. The second kappa shape index (κ2) is 5.55. The van der Waals surface area contributed by atoms with Gasteiger partial charge in [-0.3, -0.25) is 4.79 Å². The van der Waals surface area contributed by atoms with Crippen molar-refractivity contribution in [1.82, 2.24) is 4.90 Å². The highest BCUT2D eigenvalue weighted by Gasteiger charge is 2.22. The number of benzene rings is 1. The van der Waals surface area contributed by atoms with Crippen LogP contribution < -0.4 is 0 Å². The van der Waals surface area contributed by atoms with Crippen LogP contribution in [-0.4, -0.2) is 37.1 Å². The molecule has 1 aliphatic heterocycles. The van der Waals surface area contributed by atoms with E-state index in [0.717, 1.165) is 16.0 Å². The van der Waals surface area contributed by atoms with Gasteiger partial charge in [0.2, 0.25) is 0 Å². The number of nitrogens with zero attached hydrogens (tertiary/aromatic N) is 1. The molecule has 1 aliphatic rings. The van der Waals surface area contributed by atoms with E-state index in [1.54, 1.807) is 0 Å². The van der Waals surface area contributed by atoms with Gasteiger partial charge in [0.05, 0.1) is 18.1 Å². The highest BCUT2D eigenvalue weighted by molar-refractivity contribution is 7.12. The van der Waals surface area contributed by atoms with Crippen LogP contribution in [0, 0.1) is 0 Å². The van der Waals surface area contributed by atoms with Crippen molar-refractivity contribution in [2.45, 2.75) is 0 Å². The zero-order chi connectivity index (χ0) is 13.1. The average Bonchev–Trinajstić information content (AvgIpc) is 2.98. The van der Waals surface area contributed by atoms with Crippen LogP contribution >= 0.6 is 11.3 Å². The van der Waals surface area contributed by atoms with Crippen molar-refractivity contribution >= 4 is 17.2 Å². The summed E-state index contributed by atoms with van der Waals surface area (Å²) in [6.07, 6.45) is 0. The molecule has 0 saturated carbocycles. The van der Waals surface area contributed by atoms with E-state index in [0.29, 0.717) is 26.3 Å². The lowest BCUT2D eigenvalue weighted by Gasteiger charge is -2.26. The molecule has 0 aliphatic carbocycles. The van der Waals surface area contributed by atoms with Gasteiger partial charge < -0.3 is 9.64 Å². The van der Waals surface area contributed by atoms with Gasteiger partial charge in [-0.25, -0.2) is 0 Å². The number of amides is 1. The molecule has 3 rings (SSSR count). The van der Waals surface area contributed by atoms with Gasteiger partial charge in [0, 0.05) is 18.7 Å². The molecule has 1 amide bonds. The summed E-state index contributed by atoms with van der Waals surface area (Å²) in [6, 6.07) is 12.1. The minimum Gasteiger partial charge on any atom is -0.378 e. The Morgan fingerprint density at radius 3 is 2.58 bits per heavy atom. The number of hydrogen-bond acceptors (Lipinski definition) is 3. The van der Waals surface area contributed by atoms with E-state index in [4.69, 9.17) is 4.74 Å². The summed E-state index contributed by atoms with van der Waals surface area (Å²) in [5.74, 6) is 0.122. The van der Waals surface area contributed by atoms with E-state index in [1.807, 2.05) is 46.7 Å². The first-order valence-corrected chi connectivity index (χ1v) is 7.24. The van der Waals surface area contributed by atoms with E-state index in [2.05, 4.69) is 0 Å². The Bertz CT molecular complexity index is 559. The number of carbonyl (C=O) groups is 1. The maximum absolute atomic E-state index is 12.5. The summed E-state index contributed by atoms with van der Waals surface area (Å²) in [4.78, 5) is 15.2. The molecule has 19 heavy (non-hydrogen) atoms. The summed E-state index contributed by atoms with van der Waals surface area (Å²) in [7, 11) is 0. The number of carbonyl (C=O) groups excluding carboxylic acids is 1. The number of hydrogen-bond donors (Lipinski definition) is 0. The molecular formula is C15H15NO2S. The van der Waals surface area contributed by atoms with Gasteiger partial charge in [-0.05, 0) is 17.0 Å². The number of morpholine rings is 1. The summed E-state index contributed by atoms with van der Waals surface area (Å²) >= 11 is 1.51. The number of thiophene rings is 1. The molecule has 4 heteroatoms. The van der Waals surface area contributed by atoms with E-state index < -0.39 is 0 Å². The number of ether oxygens (including phenoxy) is 1. The van der Waals surface area contributed by atoms with Crippen LogP contribution in [0.2, 0.25) is 0 Å². The highest BCUT2D eigenvalue weighted by atomic mass is 32.1. The summed E-state index contributed by atoms with van der Waals surface area (Å²) in [5.41, 5.74) is 2.13. The van der Waals surface area contributed by atoms with Gasteiger partial charge >= 0.3 is 0 Å². The molecule has 0 bridgehead atoms. The molecule has 2 heterocycles. The molecule has 0 spiro atoms. The third kappa shape index (κ3) is 2.55. The fourth-order valence-corrected chi connectivity index (χ4v) is 3.11. The van der Waals surface area contributed by atoms with Crippen molar-refractivity contribution in [1.29, 1.82) is 0 Å². The molecule has 1 aromatic carbocycles. The minimum absolute atomic E-state index is 0.122. The first kappa shape index (κ1) is 12.4. The van der Waals surface area contributed by atoms with Crippen molar-refractivity contribution in [3.05, 3.63) is 46.7 Å². The van der Waals surface area contributed by atoms with Gasteiger partial charge in [0.25, 0.3) is 5.91 Å². The molecule has 2 aromatic rings. The average molecular weight is 273 g/mol. The maximum atomic E-state index is 12.5. The maximum Gasteiger partial charge on any atom is 0.264 e. The Labute approximate surface area is 116 Å². The predicted octanol–water partition coefficient (Wildman–Crippen LogP) is 2.89. The Morgan fingerprint density at radius 2 is 1.84 bits per heavy atom. The summed E-state index contributed by atoms with van der Waals surface area (Å²) in [6.45, 7) is 2.64. The van der Waals surface area contributed by atoms with E-state index in [9.17, 15) is 4.79 Å². The van der Waals surface area contributed by atoms with Crippen LogP contribution in [0.25, 0.3) is 11.1 Å². The Hall–Kier alpha value is -1.65. The Balaban J connectivity index is 1.89. The van der Waals surface area contributed by atoms with Crippen molar-refractivity contribution in [2.24, 2.45) is 0 Å². The third-order valence-corrected chi connectivity index (χ3v) is 4.14. The van der Waals surface area contributed by atoms with Crippen molar-refractivity contribution < 1.29 is 9.53 Å². The molecule has 1 aromatic heterocycles. The van der Waals surface area contributed by atoms with Gasteiger partial charge in [-0.15, -0.1) is 11.3 Å². The van der Waals surface area contributed by atoms with Crippen LogP contribution in [0.15, 0.2) is 41.8 Å². The summed E-state index contributed by atoms with van der Waals surface area (Å²) in [5, 5.41) is 1.98. The van der Waals surface area contributed by atoms with Crippen LogP contribution in [0.1, 0.15) is 9.67 Å². The first-order chi connectivity index (χ1) is 9.36. The van der Waals surface area contributed by atoms with Gasteiger partial charge in [-0.2, -0.15) is 0 Å². The Kier molecular flexibility index (Phi) is 3.62. The lowest BCUT2D eigenvalue weighted by molar-refractivity contribution is 0.0306. The van der Waals surface area contributed by atoms with E-state index in [1.165, 1.54) is 11.3 Å². The lowest BCUT2D eigenvalue weighted by Crippen LogP contribution is -2.40. The van der Waals surface area contributed by atoms with Gasteiger partial charge in [0.15, 0.2) is 0 Å². The smallest absolute Gasteiger partial charge is 0.264 e. The molecule has 3 nitrogen and oxygen atoms in total. The first-order valence-electron chi connectivity index (χ1n) is 6.36. The standard InChI is InChI=1S/C15H15NO2S/c17-15(16-7-9-18-10-8-16)14-13(6-11-19-14)12-4-2-1-3-5-12/h1-6,11H,7-10H2. The van der Waals surface area contributed by atoms with Crippen LogP contribution in [0.5, 0.6) is 0 Å². The normalized spacial score (nSPS) is 15.5. The van der Waals surface area contributed by atoms with Crippen LogP contribution in [-0.2, 0) is 4.74 Å². The zero-order valence-corrected chi connectivity index (χ0v) is 11.4. The lowest BCUT2D eigenvalue weighted by atomic mass is 10.1. The zero-order valence-electron chi connectivity index (χ0n) is 10.5. The molecule has 1 fully saturated rings. The van der Waals surface area contributed by atoms with Crippen LogP contribution in [0.4, 0.5) is 0 Å². The van der Waals surface area contributed by atoms with Gasteiger partial charge in [-0.1, -0.05) is 30.3 Å². The molecule has 0 radical (unpaired) electrons. The fourth-order valence-electron chi connectivity index (χ4n) is 2.23. The fraction of sp³-hybridized carbons (Fsp3) is 0.267. The summed E-state index contributed by atoms with van der Waals surface area (Å²) < 4.78 is 5.29. The molecule has 0 N–H and O–H groups in total. The minimum atomic E-state index is 0.122. The highest BCUT2D eigenvalue weighted by Crippen LogP contribution is 2.29. The van der Waals surface area contributed by atoms with Crippen molar-refractivity contribution in [2.75, 3.05) is 26.3 Å². The second-order valence-corrected chi connectivity index (χ2v) is 5.35. The van der Waals surface area contributed by atoms with E-state index in [-0.39, 0.29) is 5.91 Å². The van der Waals surface area contributed by atoms with Crippen molar-refractivity contribution in [3.63, 3.8) is 0 Å². The van der Waals surface area contributed by atoms with Crippen molar-refractivity contribution in [3.8, 4) is 11.1 Å². The monoisotopic (exact) mass is 273 g/mol.